The van der Waals surface area contributed by atoms with E-state index < -0.39 is 0 Å². The van der Waals surface area contributed by atoms with Crippen LogP contribution in [0.4, 0.5) is 0 Å². The summed E-state index contributed by atoms with van der Waals surface area (Å²) in [5.41, 5.74) is 1.19. The predicted molar refractivity (Wildman–Crippen MR) is 99.8 cm³/mol. The fourth-order valence-electron chi connectivity index (χ4n) is 2.77. The summed E-state index contributed by atoms with van der Waals surface area (Å²) in [4.78, 5) is 17.4. The molecule has 0 aliphatic carbocycles. The summed E-state index contributed by atoms with van der Waals surface area (Å²) in [5.74, 6) is 4.73. The number of aryl methyl sites for hydroxylation is 2. The minimum absolute atomic E-state index is 0.249. The summed E-state index contributed by atoms with van der Waals surface area (Å²) < 4.78 is 18.9. The molecule has 26 heavy (non-hydrogen) atoms. The number of furan rings is 1. The van der Waals surface area contributed by atoms with Crippen LogP contribution in [0.3, 0.4) is 0 Å². The molecule has 0 spiro atoms. The highest BCUT2D eigenvalue weighted by Gasteiger charge is 2.18. The van der Waals surface area contributed by atoms with Gasteiger partial charge in [0.15, 0.2) is 4.80 Å². The van der Waals surface area contributed by atoms with Gasteiger partial charge in [0.05, 0.1) is 26.3 Å². The Kier molecular flexibility index (Phi) is 4.87. The third kappa shape index (κ3) is 3.00. The molecule has 2 aromatic heterocycles. The van der Waals surface area contributed by atoms with Crippen LogP contribution < -0.4 is 14.3 Å². The number of thiazole rings is 1. The molecule has 7 heteroatoms. The molecule has 0 bridgehead atoms. The number of carbonyl (C=O) groups excluding carboxylic acids is 1. The molecule has 1 aromatic carbocycles. The second-order valence-electron chi connectivity index (χ2n) is 5.57. The van der Waals surface area contributed by atoms with Gasteiger partial charge in [0.1, 0.15) is 33.2 Å². The zero-order valence-corrected chi connectivity index (χ0v) is 15.8. The van der Waals surface area contributed by atoms with E-state index in [0.717, 1.165) is 10.2 Å². The van der Waals surface area contributed by atoms with Crippen LogP contribution in [-0.4, -0.2) is 24.7 Å². The number of carbonyl (C=O) groups is 1. The zero-order chi connectivity index (χ0) is 18.8. The Morgan fingerprint density at radius 3 is 2.58 bits per heavy atom. The summed E-state index contributed by atoms with van der Waals surface area (Å²) in [6.45, 7) is 3.78. The molecule has 0 radical (unpaired) electrons. The molecule has 0 unspecified atom stereocenters. The minimum atomic E-state index is -0.380. The van der Waals surface area contributed by atoms with Gasteiger partial charge in [0.25, 0.3) is 5.91 Å². The van der Waals surface area contributed by atoms with Gasteiger partial charge < -0.3 is 18.5 Å². The van der Waals surface area contributed by atoms with Gasteiger partial charge >= 0.3 is 0 Å². The van der Waals surface area contributed by atoms with Crippen molar-refractivity contribution in [2.45, 2.75) is 20.4 Å². The summed E-state index contributed by atoms with van der Waals surface area (Å²) in [7, 11) is 3.17. The number of fused-ring (bicyclic) bond motifs is 1. The van der Waals surface area contributed by atoms with Crippen molar-refractivity contribution in [3.63, 3.8) is 0 Å². The molecule has 0 saturated heterocycles. The first-order valence-corrected chi connectivity index (χ1v) is 8.65. The fourth-order valence-corrected chi connectivity index (χ4v) is 3.90. The number of ether oxygens (including phenoxy) is 2. The molecule has 2 heterocycles. The van der Waals surface area contributed by atoms with E-state index in [1.165, 1.54) is 11.3 Å². The number of hydrogen-bond acceptors (Lipinski definition) is 5. The number of nitrogens with zero attached hydrogens (tertiary/aromatic N) is 2. The first-order valence-electron chi connectivity index (χ1n) is 7.84. The van der Waals surface area contributed by atoms with Crippen LogP contribution in [0.25, 0.3) is 10.2 Å². The lowest BCUT2D eigenvalue weighted by Crippen LogP contribution is -2.17. The van der Waals surface area contributed by atoms with Gasteiger partial charge in [-0.15, -0.1) is 6.42 Å². The third-order valence-electron chi connectivity index (χ3n) is 3.91. The molecule has 0 fully saturated rings. The molecule has 6 nitrogen and oxygen atoms in total. The van der Waals surface area contributed by atoms with Crippen molar-refractivity contribution in [2.24, 2.45) is 4.99 Å². The first-order chi connectivity index (χ1) is 12.5. The van der Waals surface area contributed by atoms with Gasteiger partial charge in [-0.05, 0) is 32.0 Å². The highest BCUT2D eigenvalue weighted by molar-refractivity contribution is 7.16. The predicted octanol–water partition coefficient (Wildman–Crippen LogP) is 3.30. The quantitative estimate of drug-likeness (QED) is 0.661. The number of terminal acetylenes is 1. The molecule has 0 aliphatic heterocycles. The van der Waals surface area contributed by atoms with Crippen LogP contribution in [-0.2, 0) is 6.54 Å². The standard InChI is InChI=1S/C19H18N2O4S/c1-6-9-21-16-14(23-4)7-8-15(24-5)17(16)26-19(21)20-18(22)13-10-11(2)25-12(13)3/h1,7-8,10H,9H2,2-5H3. The van der Waals surface area contributed by atoms with E-state index >= 15 is 0 Å². The van der Waals surface area contributed by atoms with Crippen molar-refractivity contribution in [3.05, 3.63) is 40.1 Å². The zero-order valence-electron chi connectivity index (χ0n) is 15.0. The summed E-state index contributed by atoms with van der Waals surface area (Å²) in [6.07, 6.45) is 5.53. The van der Waals surface area contributed by atoms with Crippen LogP contribution in [0.5, 0.6) is 11.5 Å². The van der Waals surface area contributed by atoms with Crippen LogP contribution in [0, 0.1) is 26.2 Å². The van der Waals surface area contributed by atoms with Gasteiger partial charge in [0.2, 0.25) is 0 Å². The highest BCUT2D eigenvalue weighted by Crippen LogP contribution is 2.35. The van der Waals surface area contributed by atoms with E-state index in [-0.39, 0.29) is 12.5 Å². The van der Waals surface area contributed by atoms with Gasteiger partial charge in [0, 0.05) is 0 Å². The van der Waals surface area contributed by atoms with E-state index in [1.54, 1.807) is 44.8 Å². The fraction of sp³-hybridized carbons (Fsp3) is 0.263. The maximum Gasteiger partial charge on any atom is 0.283 e. The normalized spacial score (nSPS) is 11.6. The number of benzene rings is 1. The molecule has 1 amide bonds. The van der Waals surface area contributed by atoms with Gasteiger partial charge in [-0.2, -0.15) is 4.99 Å². The Morgan fingerprint density at radius 2 is 2.00 bits per heavy atom. The minimum Gasteiger partial charge on any atom is -0.495 e. The molecule has 0 aliphatic rings. The van der Waals surface area contributed by atoms with E-state index in [0.29, 0.717) is 33.4 Å². The lowest BCUT2D eigenvalue weighted by Gasteiger charge is -2.08. The lowest BCUT2D eigenvalue weighted by molar-refractivity contribution is 0.0996. The van der Waals surface area contributed by atoms with Crippen molar-refractivity contribution in [1.82, 2.24) is 4.57 Å². The van der Waals surface area contributed by atoms with Crippen molar-refractivity contribution in [2.75, 3.05) is 14.2 Å². The van der Waals surface area contributed by atoms with Crippen molar-refractivity contribution >= 4 is 27.5 Å². The Labute approximate surface area is 154 Å². The Morgan fingerprint density at radius 1 is 1.31 bits per heavy atom. The van der Waals surface area contributed by atoms with E-state index in [2.05, 4.69) is 10.9 Å². The maximum atomic E-state index is 12.6. The molecular weight excluding hydrogens is 352 g/mol. The topological polar surface area (TPSA) is 66.0 Å². The maximum absolute atomic E-state index is 12.6. The monoisotopic (exact) mass is 370 g/mol. The molecule has 3 aromatic rings. The molecule has 0 saturated carbocycles. The Balaban J connectivity index is 2.28. The van der Waals surface area contributed by atoms with Gasteiger partial charge in [-0.3, -0.25) is 4.79 Å². The highest BCUT2D eigenvalue weighted by atomic mass is 32.1. The molecule has 0 N–H and O–H groups in total. The van der Waals surface area contributed by atoms with Crippen LogP contribution in [0.2, 0.25) is 0 Å². The van der Waals surface area contributed by atoms with Gasteiger partial charge in [-0.1, -0.05) is 17.3 Å². The van der Waals surface area contributed by atoms with E-state index in [1.807, 2.05) is 6.07 Å². The number of methoxy groups -OCH3 is 2. The second kappa shape index (κ2) is 7.10. The summed E-state index contributed by atoms with van der Waals surface area (Å²) in [6, 6.07) is 5.30. The largest absolute Gasteiger partial charge is 0.495 e. The van der Waals surface area contributed by atoms with E-state index in [4.69, 9.17) is 20.3 Å². The van der Waals surface area contributed by atoms with Crippen LogP contribution in [0.1, 0.15) is 21.9 Å². The Hall–Kier alpha value is -2.98. The molecule has 0 atom stereocenters. The number of rotatable bonds is 4. The SMILES string of the molecule is C#CCn1c(=NC(=O)c2cc(C)oc2C)sc2c(OC)ccc(OC)c21. The number of amides is 1. The van der Waals surface area contributed by atoms with Crippen molar-refractivity contribution in [1.29, 1.82) is 0 Å². The lowest BCUT2D eigenvalue weighted by atomic mass is 10.2. The number of hydrogen-bond donors (Lipinski definition) is 0. The Bertz CT molecular complexity index is 1100. The van der Waals surface area contributed by atoms with E-state index in [9.17, 15) is 4.79 Å². The van der Waals surface area contributed by atoms with Gasteiger partial charge in [-0.25, -0.2) is 0 Å². The summed E-state index contributed by atoms with van der Waals surface area (Å²) in [5, 5.41) is 0. The first kappa shape index (κ1) is 17.8. The van der Waals surface area contributed by atoms with Crippen LogP contribution in [0.15, 0.2) is 27.6 Å². The third-order valence-corrected chi connectivity index (χ3v) is 5.00. The van der Waals surface area contributed by atoms with Crippen molar-refractivity contribution in [3.8, 4) is 23.8 Å². The average molecular weight is 370 g/mol. The molecular formula is C19H18N2O4S. The molecule has 134 valence electrons. The van der Waals surface area contributed by atoms with Crippen LogP contribution >= 0.6 is 11.3 Å². The second-order valence-corrected chi connectivity index (χ2v) is 6.54. The smallest absolute Gasteiger partial charge is 0.283 e. The summed E-state index contributed by atoms with van der Waals surface area (Å²) >= 11 is 1.32. The number of aromatic nitrogens is 1. The molecule has 3 rings (SSSR count). The van der Waals surface area contributed by atoms with Crippen molar-refractivity contribution < 1.29 is 18.7 Å². The average Bonchev–Trinajstić information content (AvgIpc) is 3.14.